The lowest BCUT2D eigenvalue weighted by Gasteiger charge is -2.05. The zero-order chi connectivity index (χ0) is 14.7. The van der Waals surface area contributed by atoms with Crippen LogP contribution in [0.5, 0.6) is 5.75 Å². The van der Waals surface area contributed by atoms with Crippen LogP contribution in [0.25, 0.3) is 5.52 Å². The molecule has 3 rings (SSSR count). The van der Waals surface area contributed by atoms with Crippen molar-refractivity contribution in [3.05, 3.63) is 72.1 Å². The number of amides is 1. The molecule has 0 spiro atoms. The topological polar surface area (TPSA) is 42.7 Å². The van der Waals surface area contributed by atoms with Gasteiger partial charge in [0.25, 0.3) is 5.91 Å². The predicted octanol–water partition coefficient (Wildman–Crippen LogP) is 2.88. The van der Waals surface area contributed by atoms with E-state index in [2.05, 4.69) is 5.32 Å². The minimum Gasteiger partial charge on any atom is -0.497 e. The van der Waals surface area contributed by atoms with Crippen LogP contribution in [-0.2, 0) is 6.54 Å². The molecule has 106 valence electrons. The van der Waals surface area contributed by atoms with Crippen LogP contribution in [0.1, 0.15) is 15.9 Å². The first-order valence-corrected chi connectivity index (χ1v) is 6.74. The molecule has 0 atom stereocenters. The van der Waals surface area contributed by atoms with E-state index in [0.717, 1.165) is 16.8 Å². The molecule has 1 N–H and O–H groups in total. The number of nitrogens with one attached hydrogen (secondary N) is 1. The third-order valence-corrected chi connectivity index (χ3v) is 3.38. The molecule has 3 aromatic rings. The van der Waals surface area contributed by atoms with Crippen molar-refractivity contribution >= 4 is 11.4 Å². The predicted molar refractivity (Wildman–Crippen MR) is 81.6 cm³/mol. The molecule has 1 amide bonds. The van der Waals surface area contributed by atoms with Gasteiger partial charge in [-0.2, -0.15) is 0 Å². The van der Waals surface area contributed by atoms with E-state index in [-0.39, 0.29) is 5.91 Å². The van der Waals surface area contributed by atoms with Gasteiger partial charge in [-0.15, -0.1) is 0 Å². The second kappa shape index (κ2) is 5.71. The van der Waals surface area contributed by atoms with Crippen molar-refractivity contribution in [1.29, 1.82) is 0 Å². The molecule has 1 aromatic carbocycles. The number of fused-ring (bicyclic) bond motifs is 1. The fraction of sp³-hybridized carbons (Fsp3) is 0.118. The largest absolute Gasteiger partial charge is 0.497 e. The molecule has 2 heterocycles. The second-order valence-corrected chi connectivity index (χ2v) is 4.79. The van der Waals surface area contributed by atoms with Crippen molar-refractivity contribution in [2.24, 2.45) is 0 Å². The molecule has 2 aromatic heterocycles. The van der Waals surface area contributed by atoms with E-state index in [1.165, 1.54) is 0 Å². The van der Waals surface area contributed by atoms with E-state index < -0.39 is 0 Å². The summed E-state index contributed by atoms with van der Waals surface area (Å²) in [4.78, 5) is 12.2. The number of hydrogen-bond donors (Lipinski definition) is 1. The summed E-state index contributed by atoms with van der Waals surface area (Å²) in [6, 6.07) is 15.4. The van der Waals surface area contributed by atoms with Crippen molar-refractivity contribution in [3.63, 3.8) is 0 Å². The fourth-order valence-corrected chi connectivity index (χ4v) is 2.21. The summed E-state index contributed by atoms with van der Waals surface area (Å²) >= 11 is 0. The lowest BCUT2D eigenvalue weighted by Crippen LogP contribution is -2.22. The Bertz CT molecular complexity index is 727. The number of carbonyl (C=O) groups is 1. The van der Waals surface area contributed by atoms with Gasteiger partial charge in [0.2, 0.25) is 0 Å². The molecule has 0 saturated carbocycles. The normalized spacial score (nSPS) is 10.5. The smallest absolute Gasteiger partial charge is 0.253 e. The molecule has 4 nitrogen and oxygen atoms in total. The van der Waals surface area contributed by atoms with Gasteiger partial charge in [0.05, 0.1) is 12.7 Å². The number of carbonyl (C=O) groups excluding carboxylic acids is 1. The van der Waals surface area contributed by atoms with Gasteiger partial charge in [-0.25, -0.2) is 0 Å². The lowest BCUT2D eigenvalue weighted by atomic mass is 10.2. The molecule has 0 saturated heterocycles. The van der Waals surface area contributed by atoms with Crippen LogP contribution in [0.3, 0.4) is 0 Å². The summed E-state index contributed by atoms with van der Waals surface area (Å²) in [5.41, 5.74) is 2.70. The number of methoxy groups -OCH3 is 1. The van der Waals surface area contributed by atoms with Crippen molar-refractivity contribution in [2.75, 3.05) is 7.11 Å². The number of pyridine rings is 1. The Morgan fingerprint density at radius 3 is 2.71 bits per heavy atom. The Labute approximate surface area is 123 Å². The summed E-state index contributed by atoms with van der Waals surface area (Å²) in [6.45, 7) is 0.495. The number of nitrogens with zero attached hydrogens (tertiary/aromatic N) is 1. The van der Waals surface area contributed by atoms with Crippen molar-refractivity contribution in [1.82, 2.24) is 9.72 Å². The second-order valence-electron chi connectivity index (χ2n) is 4.79. The maximum Gasteiger partial charge on any atom is 0.253 e. The first-order valence-electron chi connectivity index (χ1n) is 6.74. The van der Waals surface area contributed by atoms with Gasteiger partial charge < -0.3 is 14.5 Å². The van der Waals surface area contributed by atoms with Crippen molar-refractivity contribution < 1.29 is 9.53 Å². The highest BCUT2D eigenvalue weighted by Crippen LogP contribution is 2.12. The van der Waals surface area contributed by atoms with Crippen LogP contribution in [0.2, 0.25) is 0 Å². The van der Waals surface area contributed by atoms with Gasteiger partial charge in [0, 0.05) is 24.5 Å². The molecular formula is C17H16N2O2. The molecule has 0 aliphatic carbocycles. The highest BCUT2D eigenvalue weighted by molar-refractivity contribution is 5.95. The summed E-state index contributed by atoms with van der Waals surface area (Å²) in [6.07, 6.45) is 3.76. The first kappa shape index (κ1) is 13.2. The van der Waals surface area contributed by atoms with Crippen LogP contribution in [0, 0.1) is 0 Å². The lowest BCUT2D eigenvalue weighted by molar-refractivity contribution is 0.0951. The van der Waals surface area contributed by atoms with Gasteiger partial charge in [-0.3, -0.25) is 4.79 Å². The Kier molecular flexibility index (Phi) is 3.60. The van der Waals surface area contributed by atoms with Gasteiger partial charge in [0.1, 0.15) is 5.75 Å². The Hall–Kier alpha value is -2.75. The van der Waals surface area contributed by atoms with E-state index in [0.29, 0.717) is 12.1 Å². The number of rotatable bonds is 4. The van der Waals surface area contributed by atoms with Crippen molar-refractivity contribution in [3.8, 4) is 5.75 Å². The summed E-state index contributed by atoms with van der Waals surface area (Å²) in [5.74, 6) is 0.735. The molecule has 0 unspecified atom stereocenters. The maximum absolute atomic E-state index is 12.2. The van der Waals surface area contributed by atoms with E-state index in [1.54, 1.807) is 7.11 Å². The minimum atomic E-state index is -0.0745. The third-order valence-electron chi connectivity index (χ3n) is 3.38. The van der Waals surface area contributed by atoms with Crippen LogP contribution in [0.15, 0.2) is 60.9 Å². The molecular weight excluding hydrogens is 264 g/mol. The highest BCUT2D eigenvalue weighted by Gasteiger charge is 2.08. The molecule has 4 heteroatoms. The quantitative estimate of drug-likeness (QED) is 0.798. The maximum atomic E-state index is 12.2. The van der Waals surface area contributed by atoms with Crippen LogP contribution in [0.4, 0.5) is 0 Å². The molecule has 0 aliphatic heterocycles. The SMILES string of the molecule is COc1ccc(CNC(=O)c2cc3ccccn3c2)cc1. The Balaban J connectivity index is 1.68. The molecule has 0 radical (unpaired) electrons. The molecule has 0 bridgehead atoms. The van der Waals surface area contributed by atoms with Crippen LogP contribution < -0.4 is 10.1 Å². The first-order chi connectivity index (χ1) is 10.3. The fourth-order valence-electron chi connectivity index (χ4n) is 2.21. The molecule has 0 aliphatic rings. The Morgan fingerprint density at radius 1 is 1.19 bits per heavy atom. The number of aromatic nitrogens is 1. The van der Waals surface area contributed by atoms with Crippen molar-refractivity contribution in [2.45, 2.75) is 6.54 Å². The van der Waals surface area contributed by atoms with Gasteiger partial charge in [-0.1, -0.05) is 18.2 Å². The van der Waals surface area contributed by atoms with Gasteiger partial charge in [0.15, 0.2) is 0 Å². The number of benzene rings is 1. The summed E-state index contributed by atoms with van der Waals surface area (Å²) < 4.78 is 7.04. The van der Waals surface area contributed by atoms with E-state index >= 15 is 0 Å². The highest BCUT2D eigenvalue weighted by atomic mass is 16.5. The van der Waals surface area contributed by atoms with Gasteiger partial charge >= 0.3 is 0 Å². The molecule has 21 heavy (non-hydrogen) atoms. The van der Waals surface area contributed by atoms with Crippen LogP contribution in [-0.4, -0.2) is 17.4 Å². The summed E-state index contributed by atoms with van der Waals surface area (Å²) in [5, 5.41) is 2.92. The van der Waals surface area contributed by atoms with E-state index in [4.69, 9.17) is 4.74 Å². The zero-order valence-corrected chi connectivity index (χ0v) is 11.7. The zero-order valence-electron chi connectivity index (χ0n) is 11.7. The van der Waals surface area contributed by atoms with Gasteiger partial charge in [-0.05, 0) is 35.9 Å². The minimum absolute atomic E-state index is 0.0745. The molecule has 0 fully saturated rings. The standard InChI is InChI=1S/C17H16N2O2/c1-21-16-7-5-13(6-8-16)11-18-17(20)14-10-15-4-2-3-9-19(15)12-14/h2-10,12H,11H2,1H3,(H,18,20). The van der Waals surface area contributed by atoms with Crippen LogP contribution >= 0.6 is 0 Å². The monoisotopic (exact) mass is 280 g/mol. The average molecular weight is 280 g/mol. The number of ether oxygens (including phenoxy) is 1. The van der Waals surface area contributed by atoms with E-state index in [1.807, 2.05) is 65.3 Å². The third kappa shape index (κ3) is 2.89. The number of hydrogen-bond acceptors (Lipinski definition) is 2. The summed E-state index contributed by atoms with van der Waals surface area (Å²) in [7, 11) is 1.63. The average Bonchev–Trinajstić information content (AvgIpc) is 2.97. The Morgan fingerprint density at radius 2 is 2.00 bits per heavy atom. The van der Waals surface area contributed by atoms with E-state index in [9.17, 15) is 4.79 Å².